The number of nitrogens with two attached hydrogens (primary N) is 1. The van der Waals surface area contributed by atoms with Crippen molar-refractivity contribution in [3.05, 3.63) is 53.2 Å². The summed E-state index contributed by atoms with van der Waals surface area (Å²) in [5.41, 5.74) is 5.73. The van der Waals surface area contributed by atoms with E-state index in [9.17, 15) is 9.18 Å². The Morgan fingerprint density at radius 3 is 2.54 bits per heavy atom. The molecule has 1 unspecified atom stereocenters. The molecule has 28 heavy (non-hydrogen) atoms. The van der Waals surface area contributed by atoms with E-state index >= 15 is 4.39 Å². The molecule has 2 aromatic rings. The molecule has 1 aromatic heterocycles. The van der Waals surface area contributed by atoms with Gasteiger partial charge in [0.2, 0.25) is 5.91 Å². The zero-order valence-electron chi connectivity index (χ0n) is 15.5. The lowest BCUT2D eigenvalue weighted by Crippen LogP contribution is -2.36. The van der Waals surface area contributed by atoms with Crippen LogP contribution in [0, 0.1) is 17.6 Å². The number of hydrogen-bond donors (Lipinski definition) is 1. The molecule has 150 valence electrons. The van der Waals surface area contributed by atoms with Gasteiger partial charge in [0, 0.05) is 43.9 Å². The number of carbonyl (C=O) groups excluding carboxylic acids is 1. The maximum Gasteiger partial charge on any atom is 0.227 e. The van der Waals surface area contributed by atoms with E-state index < -0.39 is 23.0 Å². The van der Waals surface area contributed by atoms with E-state index in [0.29, 0.717) is 23.8 Å². The van der Waals surface area contributed by atoms with E-state index in [4.69, 9.17) is 9.92 Å². The molecule has 0 saturated heterocycles. The molecular formula is C20H21F2IN2O2S. The van der Waals surface area contributed by atoms with Gasteiger partial charge in [-0.3, -0.25) is 4.79 Å². The molecule has 8 heteroatoms. The Morgan fingerprint density at radius 2 is 2.00 bits per heavy atom. The number of pyridine rings is 1. The highest BCUT2D eigenvalue weighted by Crippen LogP contribution is 2.44. The second kappa shape index (κ2) is 8.62. The van der Waals surface area contributed by atoms with Gasteiger partial charge in [0.25, 0.3) is 0 Å². The smallest absolute Gasteiger partial charge is 0.227 e. The van der Waals surface area contributed by atoms with Gasteiger partial charge in [-0.05, 0) is 62.9 Å². The van der Waals surface area contributed by atoms with Crippen molar-refractivity contribution in [1.29, 1.82) is 0 Å². The maximum absolute atomic E-state index is 15.4. The Kier molecular flexibility index (Phi) is 6.61. The first-order valence-electron chi connectivity index (χ1n) is 8.92. The first-order chi connectivity index (χ1) is 13.3. The summed E-state index contributed by atoms with van der Waals surface area (Å²) < 4.78 is 34.3. The van der Waals surface area contributed by atoms with Crippen LogP contribution < -0.4 is 5.73 Å². The molecule has 1 fully saturated rings. The summed E-state index contributed by atoms with van der Waals surface area (Å²) >= 11 is 2.05. The lowest BCUT2D eigenvalue weighted by Gasteiger charge is -2.25. The lowest BCUT2D eigenvalue weighted by molar-refractivity contribution is -0.122. The van der Waals surface area contributed by atoms with E-state index in [2.05, 4.69) is 26.2 Å². The predicted octanol–water partition coefficient (Wildman–Crippen LogP) is 5.30. The molecule has 1 atom stereocenters. The monoisotopic (exact) mass is 518 g/mol. The molecule has 1 amide bonds. The quantitative estimate of drug-likeness (QED) is 0.381. The van der Waals surface area contributed by atoms with Gasteiger partial charge in [0.05, 0.1) is 21.2 Å². The van der Waals surface area contributed by atoms with Gasteiger partial charge >= 0.3 is 0 Å². The number of hydrogen-bond acceptors (Lipinski definition) is 4. The SMILES string of the molecule is CC(C)(C(N)=O)c1cc(C(COSI)C2CC2)nc(-c2ccc(F)cc2)c1F. The van der Waals surface area contributed by atoms with Crippen molar-refractivity contribution in [2.75, 3.05) is 6.61 Å². The topological polar surface area (TPSA) is 65.2 Å². The number of rotatable bonds is 8. The summed E-state index contributed by atoms with van der Waals surface area (Å²) in [6.45, 7) is 3.63. The van der Waals surface area contributed by atoms with Crippen molar-refractivity contribution >= 4 is 36.3 Å². The highest BCUT2D eigenvalue weighted by molar-refractivity contribution is 14.2. The molecule has 0 aliphatic heterocycles. The molecule has 1 aliphatic carbocycles. The van der Waals surface area contributed by atoms with E-state index in [0.717, 1.165) is 12.8 Å². The molecule has 1 aliphatic rings. The van der Waals surface area contributed by atoms with Crippen molar-refractivity contribution in [3.8, 4) is 11.3 Å². The van der Waals surface area contributed by atoms with E-state index in [-0.39, 0.29) is 17.2 Å². The Balaban J connectivity index is 2.18. The van der Waals surface area contributed by atoms with Gasteiger partial charge in [-0.15, -0.1) is 0 Å². The fourth-order valence-corrected chi connectivity index (χ4v) is 3.82. The summed E-state index contributed by atoms with van der Waals surface area (Å²) in [6.07, 6.45) is 2.11. The van der Waals surface area contributed by atoms with Gasteiger partial charge in [-0.25, -0.2) is 13.8 Å². The number of carbonyl (C=O) groups is 1. The van der Waals surface area contributed by atoms with Gasteiger partial charge in [0.15, 0.2) is 5.82 Å². The van der Waals surface area contributed by atoms with Crippen LogP contribution in [0.5, 0.6) is 0 Å². The molecule has 4 nitrogen and oxygen atoms in total. The molecular weight excluding hydrogens is 497 g/mol. The van der Waals surface area contributed by atoms with Crippen molar-refractivity contribution in [3.63, 3.8) is 0 Å². The second-order valence-corrected chi connectivity index (χ2v) is 8.99. The lowest BCUT2D eigenvalue weighted by atomic mass is 9.81. The molecule has 0 radical (unpaired) electrons. The third-order valence-electron chi connectivity index (χ3n) is 5.25. The summed E-state index contributed by atoms with van der Waals surface area (Å²) in [7, 11) is 1.24. The zero-order chi connectivity index (χ0) is 20.5. The highest BCUT2D eigenvalue weighted by atomic mass is 127. The predicted molar refractivity (Wildman–Crippen MR) is 115 cm³/mol. The van der Waals surface area contributed by atoms with Crippen LogP contribution >= 0.6 is 30.4 Å². The number of benzene rings is 1. The van der Waals surface area contributed by atoms with Crippen LogP contribution in [0.3, 0.4) is 0 Å². The second-order valence-electron chi connectivity index (χ2n) is 7.54. The van der Waals surface area contributed by atoms with Crippen LogP contribution in [0.25, 0.3) is 11.3 Å². The standard InChI is InChI=1S/C20H21F2IN2O2S/c1-20(2,19(24)26)15-9-16(14(10-27-28-23)11-3-4-11)25-18(17(15)22)12-5-7-13(21)8-6-12/h5-9,11,14H,3-4,10H2,1-2H3,(H2,24,26). The van der Waals surface area contributed by atoms with E-state index in [1.54, 1.807) is 19.9 Å². The molecule has 0 bridgehead atoms. The van der Waals surface area contributed by atoms with Gasteiger partial charge in [-0.2, -0.15) is 0 Å². The van der Waals surface area contributed by atoms with Crippen molar-refractivity contribution in [2.24, 2.45) is 11.7 Å². The maximum atomic E-state index is 15.4. The number of nitrogens with zero attached hydrogens (tertiary/aromatic N) is 1. The van der Waals surface area contributed by atoms with Crippen LogP contribution in [-0.4, -0.2) is 17.5 Å². The summed E-state index contributed by atoms with van der Waals surface area (Å²) in [5, 5.41) is 0. The molecule has 1 aromatic carbocycles. The molecule has 2 N–H and O–H groups in total. The fraction of sp³-hybridized carbons (Fsp3) is 0.400. The van der Waals surface area contributed by atoms with Crippen LogP contribution in [0.1, 0.15) is 43.9 Å². The third-order valence-corrected chi connectivity index (χ3v) is 6.24. The highest BCUT2D eigenvalue weighted by Gasteiger charge is 2.37. The minimum Gasteiger partial charge on any atom is -0.369 e. The van der Waals surface area contributed by atoms with Crippen LogP contribution in [0.2, 0.25) is 0 Å². The fourth-order valence-electron chi connectivity index (χ4n) is 3.19. The Bertz CT molecular complexity index is 873. The largest absolute Gasteiger partial charge is 0.369 e. The molecule has 1 heterocycles. The van der Waals surface area contributed by atoms with E-state index in [1.807, 2.05) is 0 Å². The summed E-state index contributed by atoms with van der Waals surface area (Å²) in [4.78, 5) is 16.6. The van der Waals surface area contributed by atoms with Crippen LogP contribution in [0.4, 0.5) is 8.78 Å². The van der Waals surface area contributed by atoms with E-state index in [1.165, 1.54) is 33.5 Å². The van der Waals surface area contributed by atoms with Crippen LogP contribution in [0.15, 0.2) is 30.3 Å². The average Bonchev–Trinajstić information content (AvgIpc) is 3.48. The Hall–Kier alpha value is -1.26. The van der Waals surface area contributed by atoms with Gasteiger partial charge < -0.3 is 9.92 Å². The molecule has 3 rings (SSSR count). The summed E-state index contributed by atoms with van der Waals surface area (Å²) in [6, 6.07) is 7.12. The summed E-state index contributed by atoms with van der Waals surface area (Å²) in [5.74, 6) is -1.26. The van der Waals surface area contributed by atoms with Crippen molar-refractivity contribution < 1.29 is 17.8 Å². The zero-order valence-corrected chi connectivity index (χ0v) is 18.5. The van der Waals surface area contributed by atoms with Crippen molar-refractivity contribution in [1.82, 2.24) is 4.98 Å². The number of amides is 1. The first-order valence-corrected chi connectivity index (χ1v) is 12.2. The van der Waals surface area contributed by atoms with Gasteiger partial charge in [-0.1, -0.05) is 0 Å². The Labute approximate surface area is 179 Å². The molecule has 1 saturated carbocycles. The first kappa shape index (κ1) is 21.4. The average molecular weight is 518 g/mol. The minimum atomic E-state index is -1.22. The Morgan fingerprint density at radius 1 is 1.36 bits per heavy atom. The molecule has 0 spiro atoms. The van der Waals surface area contributed by atoms with Crippen molar-refractivity contribution in [2.45, 2.75) is 38.0 Å². The van der Waals surface area contributed by atoms with Gasteiger partial charge in [0.1, 0.15) is 11.5 Å². The minimum absolute atomic E-state index is 0.00973. The third kappa shape index (κ3) is 4.49. The number of halogens is 3. The number of aromatic nitrogens is 1. The van der Waals surface area contributed by atoms with Crippen LogP contribution in [-0.2, 0) is 14.4 Å². The normalized spacial score (nSPS) is 15.5. The number of primary amides is 1.